The molecule has 1 aliphatic heterocycles. The number of hydrogen-bond donors (Lipinski definition) is 2. The second kappa shape index (κ2) is 5.95. The fourth-order valence-electron chi connectivity index (χ4n) is 2.85. The highest BCUT2D eigenvalue weighted by Gasteiger charge is 2.22. The molecule has 7 nitrogen and oxygen atoms in total. The number of rotatable bonds is 4. The molecular weight excluding hydrogens is 330 g/mol. The van der Waals surface area contributed by atoms with Gasteiger partial charge in [-0.3, -0.25) is 19.8 Å². The molecule has 0 saturated heterocycles. The Balaban J connectivity index is 2.14. The van der Waals surface area contributed by atoms with Crippen molar-refractivity contribution in [3.63, 3.8) is 0 Å². The van der Waals surface area contributed by atoms with Gasteiger partial charge in [0, 0.05) is 37.0 Å². The number of H-pyrrole nitrogens is 1. The van der Waals surface area contributed by atoms with E-state index in [0.717, 1.165) is 11.1 Å². The zero-order valence-corrected chi connectivity index (χ0v) is 14.5. The van der Waals surface area contributed by atoms with E-state index in [1.54, 1.807) is 31.5 Å². The summed E-state index contributed by atoms with van der Waals surface area (Å²) >= 11 is 0. The van der Waals surface area contributed by atoms with E-state index in [2.05, 4.69) is 10.6 Å². The fraction of sp³-hybridized carbons (Fsp3) is 0.312. The van der Waals surface area contributed by atoms with Crippen molar-refractivity contribution in [2.45, 2.75) is 18.2 Å². The van der Waals surface area contributed by atoms with Crippen LogP contribution in [0.2, 0.25) is 0 Å². The minimum absolute atomic E-state index is 0.0929. The van der Waals surface area contributed by atoms with Gasteiger partial charge in [-0.25, -0.2) is 8.42 Å². The van der Waals surface area contributed by atoms with Crippen LogP contribution in [0.4, 0.5) is 0 Å². The summed E-state index contributed by atoms with van der Waals surface area (Å²) in [6, 6.07) is 3.35. The number of aromatic nitrogens is 2. The zero-order valence-electron chi connectivity index (χ0n) is 13.7. The molecule has 0 atom stereocenters. The van der Waals surface area contributed by atoms with Gasteiger partial charge in [-0.1, -0.05) is 6.07 Å². The number of hydroxylamine groups is 1. The minimum atomic E-state index is -3.40. The number of aromatic amines is 1. The summed E-state index contributed by atoms with van der Waals surface area (Å²) in [7, 11) is -1.74. The molecule has 0 fully saturated rings. The van der Waals surface area contributed by atoms with E-state index in [1.807, 2.05) is 6.92 Å². The number of nitrogens with zero attached hydrogens (tertiary/aromatic N) is 1. The second-order valence-electron chi connectivity index (χ2n) is 5.87. The molecule has 1 aliphatic rings. The van der Waals surface area contributed by atoms with Gasteiger partial charge in [0.25, 0.3) is 5.56 Å². The van der Waals surface area contributed by atoms with Gasteiger partial charge in [-0.15, -0.1) is 0 Å². The molecule has 24 heavy (non-hydrogen) atoms. The molecular formula is C16H19N3O4S. The smallest absolute Gasteiger partial charge is 0.269 e. The van der Waals surface area contributed by atoms with Gasteiger partial charge in [0.1, 0.15) is 0 Å². The Morgan fingerprint density at radius 2 is 2.04 bits per heavy atom. The van der Waals surface area contributed by atoms with Gasteiger partial charge < -0.3 is 5.10 Å². The highest BCUT2D eigenvalue weighted by molar-refractivity contribution is 7.90. The fourth-order valence-corrected chi connectivity index (χ4v) is 3.80. The molecule has 0 aliphatic carbocycles. The van der Waals surface area contributed by atoms with Gasteiger partial charge in [-0.05, 0) is 30.2 Å². The number of aryl methyl sites for hydroxylation is 1. The average molecular weight is 349 g/mol. The maximum absolute atomic E-state index is 12.1. The molecule has 0 amide bonds. The van der Waals surface area contributed by atoms with E-state index in [4.69, 9.17) is 4.84 Å². The molecule has 0 saturated carbocycles. The molecule has 2 heterocycles. The summed E-state index contributed by atoms with van der Waals surface area (Å²) in [5.41, 5.74) is 6.23. The van der Waals surface area contributed by atoms with Crippen molar-refractivity contribution >= 4 is 15.5 Å². The van der Waals surface area contributed by atoms with Crippen molar-refractivity contribution in [2.75, 3.05) is 12.9 Å². The predicted molar refractivity (Wildman–Crippen MR) is 90.2 cm³/mol. The maximum Gasteiger partial charge on any atom is 0.269 e. The first-order valence-electron chi connectivity index (χ1n) is 7.43. The van der Waals surface area contributed by atoms with Crippen LogP contribution in [0.1, 0.15) is 22.3 Å². The Morgan fingerprint density at radius 3 is 2.58 bits per heavy atom. The number of nitrogens with one attached hydrogen (secondary N) is 2. The monoisotopic (exact) mass is 349 g/mol. The Bertz CT molecular complexity index is 983. The van der Waals surface area contributed by atoms with Gasteiger partial charge in [0.2, 0.25) is 0 Å². The molecule has 0 unspecified atom stereocenters. The summed E-state index contributed by atoms with van der Waals surface area (Å²) in [5.74, 6) is 0. The minimum Gasteiger partial charge on any atom is -0.303 e. The molecule has 2 N–H and O–H groups in total. The molecule has 3 rings (SSSR count). The largest absolute Gasteiger partial charge is 0.303 e. The normalized spacial score (nSPS) is 14.5. The standard InChI is InChI=1S/C16H19N3O4S/c1-10-11(8-12-9-17-19(2)16(12)20)4-5-14(24(3,21)22)15(10)13-6-7-23-18-13/h4-6,9,17-18H,7-8H2,1-3H3. The first kappa shape index (κ1) is 16.5. The zero-order chi connectivity index (χ0) is 17.5. The van der Waals surface area contributed by atoms with Crippen LogP contribution in [0.15, 0.2) is 34.1 Å². The second-order valence-corrected chi connectivity index (χ2v) is 7.85. The first-order valence-corrected chi connectivity index (χ1v) is 9.32. The number of sulfone groups is 1. The molecule has 2 aromatic rings. The predicted octanol–water partition coefficient (Wildman–Crippen LogP) is 0.892. The van der Waals surface area contributed by atoms with Crippen molar-refractivity contribution in [2.24, 2.45) is 7.05 Å². The van der Waals surface area contributed by atoms with Gasteiger partial charge in [0.05, 0.1) is 17.2 Å². The van der Waals surface area contributed by atoms with Crippen LogP contribution >= 0.6 is 0 Å². The molecule has 0 spiro atoms. The highest BCUT2D eigenvalue weighted by Crippen LogP contribution is 2.30. The quantitative estimate of drug-likeness (QED) is 0.855. The maximum atomic E-state index is 12.1. The third-order valence-electron chi connectivity index (χ3n) is 4.15. The summed E-state index contributed by atoms with van der Waals surface area (Å²) in [4.78, 5) is 17.4. The van der Waals surface area contributed by atoms with E-state index in [-0.39, 0.29) is 10.5 Å². The first-order chi connectivity index (χ1) is 11.3. The summed E-state index contributed by atoms with van der Waals surface area (Å²) in [6.45, 7) is 2.23. The summed E-state index contributed by atoms with van der Waals surface area (Å²) in [5, 5.41) is 2.85. The van der Waals surface area contributed by atoms with Crippen LogP contribution in [-0.4, -0.2) is 31.1 Å². The van der Waals surface area contributed by atoms with Crippen molar-refractivity contribution in [1.82, 2.24) is 15.3 Å². The van der Waals surface area contributed by atoms with Crippen molar-refractivity contribution < 1.29 is 13.3 Å². The van der Waals surface area contributed by atoms with Crippen molar-refractivity contribution in [3.05, 3.63) is 57.0 Å². The third kappa shape index (κ3) is 2.90. The lowest BCUT2D eigenvalue weighted by atomic mass is 9.96. The average Bonchev–Trinajstić information content (AvgIpc) is 3.13. The lowest BCUT2D eigenvalue weighted by Gasteiger charge is -2.16. The lowest BCUT2D eigenvalue weighted by molar-refractivity contribution is 0.121. The number of hydrogen-bond acceptors (Lipinski definition) is 5. The van der Waals surface area contributed by atoms with Crippen molar-refractivity contribution in [3.8, 4) is 0 Å². The van der Waals surface area contributed by atoms with E-state index >= 15 is 0 Å². The Labute approximate surface area is 139 Å². The molecule has 1 aromatic heterocycles. The summed E-state index contributed by atoms with van der Waals surface area (Å²) < 4.78 is 25.7. The third-order valence-corrected chi connectivity index (χ3v) is 5.29. The molecule has 1 aromatic carbocycles. The molecule has 8 heteroatoms. The van der Waals surface area contributed by atoms with E-state index in [0.29, 0.717) is 29.9 Å². The van der Waals surface area contributed by atoms with Gasteiger partial charge >= 0.3 is 0 Å². The van der Waals surface area contributed by atoms with E-state index < -0.39 is 9.84 Å². The SMILES string of the molecule is Cc1c(Cc2c[nH]n(C)c2=O)ccc(S(C)(=O)=O)c1C1=CCON1. The van der Waals surface area contributed by atoms with E-state index in [9.17, 15) is 13.2 Å². The Hall–Kier alpha value is -2.32. The Kier molecular flexibility index (Phi) is 4.10. The Morgan fingerprint density at radius 1 is 1.29 bits per heavy atom. The highest BCUT2D eigenvalue weighted by atomic mass is 32.2. The van der Waals surface area contributed by atoms with Gasteiger partial charge in [-0.2, -0.15) is 0 Å². The van der Waals surface area contributed by atoms with Crippen LogP contribution < -0.4 is 11.0 Å². The van der Waals surface area contributed by atoms with Crippen LogP contribution in [0.5, 0.6) is 0 Å². The van der Waals surface area contributed by atoms with Crippen LogP contribution in [0.25, 0.3) is 5.70 Å². The van der Waals surface area contributed by atoms with Crippen LogP contribution in [0, 0.1) is 6.92 Å². The lowest BCUT2D eigenvalue weighted by Crippen LogP contribution is -2.16. The molecule has 0 radical (unpaired) electrons. The van der Waals surface area contributed by atoms with Crippen LogP contribution in [-0.2, 0) is 28.1 Å². The molecule has 128 valence electrons. The van der Waals surface area contributed by atoms with E-state index in [1.165, 1.54) is 10.9 Å². The van der Waals surface area contributed by atoms with Gasteiger partial charge in [0.15, 0.2) is 9.84 Å². The molecule has 0 bridgehead atoms. The van der Waals surface area contributed by atoms with Crippen LogP contribution in [0.3, 0.4) is 0 Å². The summed E-state index contributed by atoms with van der Waals surface area (Å²) in [6.07, 6.45) is 5.08. The topological polar surface area (TPSA) is 93.2 Å². The number of benzene rings is 1. The van der Waals surface area contributed by atoms with Crippen molar-refractivity contribution in [1.29, 1.82) is 0 Å².